The Balaban J connectivity index is 1.81. The third-order valence-corrected chi connectivity index (χ3v) is 4.95. The second-order valence-electron chi connectivity index (χ2n) is 5.97. The Morgan fingerprint density at radius 1 is 1.00 bits per heavy atom. The van der Waals surface area contributed by atoms with Crippen molar-refractivity contribution >= 4 is 17.6 Å². The zero-order chi connectivity index (χ0) is 14.2. The van der Waals surface area contributed by atoms with Gasteiger partial charge >= 0.3 is 5.97 Å². The van der Waals surface area contributed by atoms with Crippen molar-refractivity contribution < 1.29 is 13.9 Å². The highest BCUT2D eigenvalue weighted by Crippen LogP contribution is 2.50. The first-order valence-corrected chi connectivity index (χ1v) is 7.60. The van der Waals surface area contributed by atoms with E-state index in [2.05, 4.69) is 0 Å². The fraction of sp³-hybridized carbons (Fsp3) is 0.562. The van der Waals surface area contributed by atoms with Crippen LogP contribution in [0.4, 0.5) is 4.39 Å². The van der Waals surface area contributed by atoms with Crippen LogP contribution >= 0.6 is 11.6 Å². The van der Waals surface area contributed by atoms with E-state index in [0.717, 1.165) is 32.1 Å². The molecule has 4 heteroatoms. The predicted molar refractivity (Wildman–Crippen MR) is 75.1 cm³/mol. The summed E-state index contributed by atoms with van der Waals surface area (Å²) in [5, 5.41) is 0.545. The molecule has 1 unspecified atom stereocenters. The fourth-order valence-electron chi connectivity index (χ4n) is 3.39. The van der Waals surface area contributed by atoms with Gasteiger partial charge < -0.3 is 4.74 Å². The smallest absolute Gasteiger partial charge is 0.315 e. The number of carbonyl (C=O) groups is 1. The lowest BCUT2D eigenvalue weighted by Gasteiger charge is -2.43. The Bertz CT molecular complexity index is 508. The van der Waals surface area contributed by atoms with Crippen LogP contribution < -0.4 is 0 Å². The largest absolute Gasteiger partial charge is 0.424 e. The molecule has 2 aliphatic rings. The molecule has 1 aromatic carbocycles. The number of rotatable bonds is 1. The molecule has 1 atom stereocenters. The normalized spacial score (nSPS) is 29.2. The first kappa shape index (κ1) is 13.9. The maximum Gasteiger partial charge on any atom is 0.315 e. The van der Waals surface area contributed by atoms with Gasteiger partial charge in [0.15, 0.2) is 0 Å². The van der Waals surface area contributed by atoms with Gasteiger partial charge in [-0.3, -0.25) is 4.79 Å². The Hall–Kier alpha value is -1.09. The molecule has 1 saturated carbocycles. The minimum atomic E-state index is -2.00. The van der Waals surface area contributed by atoms with E-state index in [1.165, 1.54) is 0 Å². The van der Waals surface area contributed by atoms with Gasteiger partial charge in [0.1, 0.15) is 0 Å². The standard InChI is InChI=1S/C16H18ClFO2/c17-13-6-4-12(5-7-13)16(18)11-10-15(14(19)20-16)8-2-1-3-9-15/h4-7H,1-3,8-11H2. The lowest BCUT2D eigenvalue weighted by Crippen LogP contribution is -2.45. The summed E-state index contributed by atoms with van der Waals surface area (Å²) in [5.41, 5.74) is -0.0545. The van der Waals surface area contributed by atoms with Crippen LogP contribution in [0.2, 0.25) is 5.02 Å². The lowest BCUT2D eigenvalue weighted by molar-refractivity contribution is -0.220. The van der Waals surface area contributed by atoms with Crippen molar-refractivity contribution in [1.29, 1.82) is 0 Å². The highest BCUT2D eigenvalue weighted by molar-refractivity contribution is 6.30. The van der Waals surface area contributed by atoms with Crippen LogP contribution in [0.3, 0.4) is 0 Å². The van der Waals surface area contributed by atoms with Gasteiger partial charge in [0.05, 0.1) is 5.41 Å². The van der Waals surface area contributed by atoms with Gasteiger partial charge in [0.25, 0.3) is 5.85 Å². The maximum atomic E-state index is 14.9. The number of hydrogen-bond acceptors (Lipinski definition) is 2. The van der Waals surface area contributed by atoms with Crippen LogP contribution in [0.15, 0.2) is 24.3 Å². The number of cyclic esters (lactones) is 1. The molecule has 108 valence electrons. The molecule has 1 saturated heterocycles. The van der Waals surface area contributed by atoms with Crippen LogP contribution in [-0.2, 0) is 15.4 Å². The van der Waals surface area contributed by atoms with E-state index in [-0.39, 0.29) is 12.4 Å². The van der Waals surface area contributed by atoms with Crippen LogP contribution in [0.25, 0.3) is 0 Å². The van der Waals surface area contributed by atoms with Crippen molar-refractivity contribution in [3.8, 4) is 0 Å². The van der Waals surface area contributed by atoms with Crippen molar-refractivity contribution in [3.05, 3.63) is 34.9 Å². The summed E-state index contributed by atoms with van der Waals surface area (Å²) >= 11 is 5.81. The number of halogens is 2. The molecule has 1 aromatic rings. The topological polar surface area (TPSA) is 26.3 Å². The zero-order valence-electron chi connectivity index (χ0n) is 11.3. The summed E-state index contributed by atoms with van der Waals surface area (Å²) in [4.78, 5) is 12.3. The van der Waals surface area contributed by atoms with Crippen LogP contribution in [0, 0.1) is 5.41 Å². The third kappa shape index (κ3) is 2.32. The van der Waals surface area contributed by atoms with Gasteiger partial charge in [0.2, 0.25) is 0 Å². The van der Waals surface area contributed by atoms with Crippen LogP contribution in [0.5, 0.6) is 0 Å². The van der Waals surface area contributed by atoms with E-state index >= 15 is 0 Å². The van der Waals surface area contributed by atoms with Crippen molar-refractivity contribution in [1.82, 2.24) is 0 Å². The number of carbonyl (C=O) groups excluding carboxylic acids is 1. The van der Waals surface area contributed by atoms with E-state index in [4.69, 9.17) is 16.3 Å². The number of ether oxygens (including phenoxy) is 1. The van der Waals surface area contributed by atoms with E-state index in [9.17, 15) is 9.18 Å². The molecular weight excluding hydrogens is 279 g/mol. The average Bonchev–Trinajstić information content (AvgIpc) is 2.46. The Morgan fingerprint density at radius 2 is 1.65 bits per heavy atom. The number of hydrogen-bond donors (Lipinski definition) is 0. The molecule has 0 radical (unpaired) electrons. The maximum absolute atomic E-state index is 14.9. The first-order chi connectivity index (χ1) is 9.54. The molecule has 1 aliphatic carbocycles. The second-order valence-corrected chi connectivity index (χ2v) is 6.40. The van der Waals surface area contributed by atoms with Crippen molar-refractivity contribution in [2.75, 3.05) is 0 Å². The van der Waals surface area contributed by atoms with Gasteiger partial charge in [-0.05, 0) is 31.4 Å². The molecule has 0 bridgehead atoms. The summed E-state index contributed by atoms with van der Waals surface area (Å²) in [6, 6.07) is 6.43. The summed E-state index contributed by atoms with van der Waals surface area (Å²) < 4.78 is 20.2. The minimum Gasteiger partial charge on any atom is -0.424 e. The lowest BCUT2D eigenvalue weighted by atomic mass is 9.69. The van der Waals surface area contributed by atoms with E-state index in [1.807, 2.05) is 0 Å². The highest BCUT2D eigenvalue weighted by atomic mass is 35.5. The SMILES string of the molecule is O=C1OC(F)(c2ccc(Cl)cc2)CCC12CCCCC2. The average molecular weight is 297 g/mol. The van der Waals surface area contributed by atoms with Gasteiger partial charge in [-0.1, -0.05) is 43.0 Å². The summed E-state index contributed by atoms with van der Waals surface area (Å²) in [5.74, 6) is -2.36. The number of benzene rings is 1. The summed E-state index contributed by atoms with van der Waals surface area (Å²) in [6.45, 7) is 0. The minimum absolute atomic E-state index is 0.236. The van der Waals surface area contributed by atoms with Gasteiger partial charge in [-0.25, -0.2) is 0 Å². The predicted octanol–water partition coefficient (Wildman–Crippen LogP) is 4.75. The molecule has 2 nitrogen and oxygen atoms in total. The molecular formula is C16H18ClFO2. The van der Waals surface area contributed by atoms with Gasteiger partial charge in [-0.2, -0.15) is 4.39 Å². The molecule has 0 amide bonds. The Morgan fingerprint density at radius 3 is 2.25 bits per heavy atom. The molecule has 2 fully saturated rings. The number of esters is 1. The zero-order valence-corrected chi connectivity index (χ0v) is 12.1. The summed E-state index contributed by atoms with van der Waals surface area (Å²) in [6.07, 6.45) is 5.72. The van der Waals surface area contributed by atoms with Crippen LogP contribution in [0.1, 0.15) is 50.5 Å². The van der Waals surface area contributed by atoms with E-state index in [1.54, 1.807) is 24.3 Å². The van der Waals surface area contributed by atoms with E-state index in [0.29, 0.717) is 17.0 Å². The quantitative estimate of drug-likeness (QED) is 0.699. The Labute approximate surface area is 123 Å². The summed E-state index contributed by atoms with van der Waals surface area (Å²) in [7, 11) is 0. The number of alkyl halides is 1. The molecule has 20 heavy (non-hydrogen) atoms. The van der Waals surface area contributed by atoms with Crippen molar-refractivity contribution in [2.45, 2.75) is 50.8 Å². The Kier molecular flexibility index (Phi) is 3.49. The second kappa shape index (κ2) is 5.03. The highest BCUT2D eigenvalue weighted by Gasteiger charge is 2.52. The molecule has 1 spiro atoms. The monoisotopic (exact) mass is 296 g/mol. The third-order valence-electron chi connectivity index (χ3n) is 4.70. The van der Waals surface area contributed by atoms with Gasteiger partial charge in [-0.15, -0.1) is 0 Å². The molecule has 3 rings (SSSR count). The van der Waals surface area contributed by atoms with Crippen molar-refractivity contribution in [3.63, 3.8) is 0 Å². The van der Waals surface area contributed by atoms with Crippen LogP contribution in [-0.4, -0.2) is 5.97 Å². The molecule has 1 heterocycles. The fourth-order valence-corrected chi connectivity index (χ4v) is 3.52. The first-order valence-electron chi connectivity index (χ1n) is 7.23. The molecule has 0 N–H and O–H groups in total. The van der Waals surface area contributed by atoms with E-state index < -0.39 is 11.3 Å². The van der Waals surface area contributed by atoms with Gasteiger partial charge in [0, 0.05) is 17.0 Å². The molecule has 1 aliphatic heterocycles. The van der Waals surface area contributed by atoms with Crippen molar-refractivity contribution in [2.24, 2.45) is 5.41 Å². The molecule has 0 aromatic heterocycles.